The van der Waals surface area contributed by atoms with Gasteiger partial charge < -0.3 is 29.7 Å². The molecule has 0 aliphatic carbocycles. The molecule has 1 aliphatic rings. The lowest BCUT2D eigenvalue weighted by Crippen LogP contribution is -2.38. The molecule has 3 amide bonds. The van der Waals surface area contributed by atoms with Gasteiger partial charge in [0.05, 0.1) is 12.2 Å². The lowest BCUT2D eigenvalue weighted by atomic mass is 10.2. The van der Waals surface area contributed by atoms with Gasteiger partial charge in [0, 0.05) is 43.3 Å². The monoisotopic (exact) mass is 497 g/mol. The van der Waals surface area contributed by atoms with Crippen molar-refractivity contribution in [2.75, 3.05) is 35.7 Å². The number of carbonyl (C=O) groups excluding carboxylic acids is 2. The largest absolute Gasteiger partial charge is 0.457 e. The number of nitrogens with one attached hydrogen (secondary N) is 2. The third-order valence-electron chi connectivity index (χ3n) is 6.26. The molecule has 5 rings (SSSR count). The van der Waals surface area contributed by atoms with E-state index in [2.05, 4.69) is 20.7 Å². The van der Waals surface area contributed by atoms with Crippen LogP contribution in [0.2, 0.25) is 0 Å². The van der Waals surface area contributed by atoms with E-state index in [-0.39, 0.29) is 23.7 Å². The Kier molecular flexibility index (Phi) is 7.02. The first-order valence-corrected chi connectivity index (χ1v) is 12.0. The van der Waals surface area contributed by atoms with Crippen LogP contribution < -0.4 is 20.3 Å². The third kappa shape index (κ3) is 5.90. The quantitative estimate of drug-likeness (QED) is 0.352. The SMILES string of the molecule is CN(C(=O)c1ccno1)C1CCN(c2ccc(NC(=O)Nc3ccc(Oc4ccccc4)cc3)cc2)C1. The third-order valence-corrected chi connectivity index (χ3v) is 6.26. The number of carbonyl (C=O) groups is 2. The van der Waals surface area contributed by atoms with E-state index in [0.717, 1.165) is 24.4 Å². The van der Waals surface area contributed by atoms with Gasteiger partial charge in [-0.05, 0) is 67.1 Å². The van der Waals surface area contributed by atoms with E-state index in [1.54, 1.807) is 42.3 Å². The molecule has 9 nitrogen and oxygen atoms in total. The van der Waals surface area contributed by atoms with E-state index in [0.29, 0.717) is 23.7 Å². The minimum atomic E-state index is -0.335. The Morgan fingerprint density at radius 3 is 2.22 bits per heavy atom. The molecule has 1 saturated heterocycles. The Morgan fingerprint density at radius 2 is 1.57 bits per heavy atom. The second kappa shape index (κ2) is 10.9. The fourth-order valence-electron chi connectivity index (χ4n) is 4.24. The van der Waals surface area contributed by atoms with Crippen molar-refractivity contribution < 1.29 is 18.8 Å². The Bertz CT molecular complexity index is 1330. The van der Waals surface area contributed by atoms with Gasteiger partial charge in [-0.15, -0.1) is 0 Å². The van der Waals surface area contributed by atoms with Crippen molar-refractivity contribution in [2.24, 2.45) is 0 Å². The molecule has 37 heavy (non-hydrogen) atoms. The molecule has 3 aromatic carbocycles. The predicted octanol–water partition coefficient (Wildman–Crippen LogP) is 5.46. The van der Waals surface area contributed by atoms with Crippen LogP contribution >= 0.6 is 0 Å². The molecular formula is C28H27N5O4. The summed E-state index contributed by atoms with van der Waals surface area (Å²) in [5, 5.41) is 9.29. The van der Waals surface area contributed by atoms with Crippen molar-refractivity contribution in [2.45, 2.75) is 12.5 Å². The summed E-state index contributed by atoms with van der Waals surface area (Å²) in [6, 6.07) is 25.7. The number of para-hydroxylation sites is 1. The van der Waals surface area contributed by atoms with Crippen molar-refractivity contribution in [3.63, 3.8) is 0 Å². The van der Waals surface area contributed by atoms with Crippen LogP contribution in [-0.4, -0.2) is 48.2 Å². The first kappa shape index (κ1) is 23.9. The van der Waals surface area contributed by atoms with Gasteiger partial charge in [-0.1, -0.05) is 23.4 Å². The average Bonchev–Trinajstić information content (AvgIpc) is 3.63. The van der Waals surface area contributed by atoms with E-state index < -0.39 is 0 Å². The first-order chi connectivity index (χ1) is 18.0. The molecule has 0 bridgehead atoms. The normalized spacial score (nSPS) is 14.7. The lowest BCUT2D eigenvalue weighted by Gasteiger charge is -2.24. The number of hydrogen-bond donors (Lipinski definition) is 2. The van der Waals surface area contributed by atoms with Crippen LogP contribution in [0.3, 0.4) is 0 Å². The van der Waals surface area contributed by atoms with Crippen molar-refractivity contribution in [1.82, 2.24) is 10.1 Å². The van der Waals surface area contributed by atoms with Crippen molar-refractivity contribution in [3.05, 3.63) is 96.9 Å². The van der Waals surface area contributed by atoms with Crippen LogP contribution in [0.4, 0.5) is 21.9 Å². The highest BCUT2D eigenvalue weighted by Gasteiger charge is 2.30. The lowest BCUT2D eigenvalue weighted by molar-refractivity contribution is 0.0703. The highest BCUT2D eigenvalue weighted by Crippen LogP contribution is 2.26. The summed E-state index contributed by atoms with van der Waals surface area (Å²) in [6.07, 6.45) is 2.32. The molecule has 9 heteroatoms. The van der Waals surface area contributed by atoms with Crippen LogP contribution in [0.5, 0.6) is 11.5 Å². The fourth-order valence-corrected chi connectivity index (χ4v) is 4.24. The summed E-state index contributed by atoms with van der Waals surface area (Å²) >= 11 is 0. The zero-order valence-electron chi connectivity index (χ0n) is 20.3. The number of rotatable bonds is 7. The summed E-state index contributed by atoms with van der Waals surface area (Å²) in [5.74, 6) is 1.51. The minimum Gasteiger partial charge on any atom is -0.457 e. The molecular weight excluding hydrogens is 470 g/mol. The molecule has 1 aromatic heterocycles. The van der Waals surface area contributed by atoms with Crippen molar-refractivity contribution >= 4 is 29.0 Å². The number of likely N-dealkylation sites (N-methyl/N-ethyl adjacent to an activating group) is 1. The average molecular weight is 498 g/mol. The van der Waals surface area contributed by atoms with Gasteiger partial charge in [-0.25, -0.2) is 4.79 Å². The van der Waals surface area contributed by atoms with Crippen LogP contribution in [-0.2, 0) is 0 Å². The van der Waals surface area contributed by atoms with E-state index in [9.17, 15) is 9.59 Å². The number of urea groups is 1. The standard InChI is InChI=1S/C28H27N5O4/c1-32(27(34)26-15-17-29-37-26)23-16-18-33(19-23)22-11-7-20(8-12-22)30-28(35)31-21-9-13-25(14-10-21)36-24-5-3-2-4-6-24/h2-15,17,23H,16,18-19H2,1H3,(H2,30,31,35). The second-order valence-electron chi connectivity index (χ2n) is 8.75. The van der Waals surface area contributed by atoms with Crippen LogP contribution in [0.25, 0.3) is 0 Å². The Labute approximate surface area is 214 Å². The number of amides is 3. The Morgan fingerprint density at radius 1 is 0.919 bits per heavy atom. The maximum Gasteiger partial charge on any atom is 0.323 e. The number of anilines is 3. The van der Waals surface area contributed by atoms with Crippen LogP contribution in [0.1, 0.15) is 17.0 Å². The van der Waals surface area contributed by atoms with Gasteiger partial charge in [-0.2, -0.15) is 0 Å². The zero-order valence-corrected chi connectivity index (χ0v) is 20.3. The highest BCUT2D eigenvalue weighted by molar-refractivity contribution is 5.99. The molecule has 1 aliphatic heterocycles. The van der Waals surface area contributed by atoms with Gasteiger partial charge >= 0.3 is 6.03 Å². The van der Waals surface area contributed by atoms with Gasteiger partial charge in [0.15, 0.2) is 0 Å². The number of aromatic nitrogens is 1. The summed E-state index contributed by atoms with van der Waals surface area (Å²) in [5.41, 5.74) is 2.36. The zero-order chi connectivity index (χ0) is 25.6. The smallest absolute Gasteiger partial charge is 0.323 e. The number of hydrogen-bond acceptors (Lipinski definition) is 6. The van der Waals surface area contributed by atoms with E-state index in [1.165, 1.54) is 6.20 Å². The molecule has 1 atom stereocenters. The minimum absolute atomic E-state index is 0.0747. The molecule has 0 radical (unpaired) electrons. The summed E-state index contributed by atoms with van der Waals surface area (Å²) in [7, 11) is 1.79. The molecule has 1 fully saturated rings. The molecule has 2 heterocycles. The molecule has 0 saturated carbocycles. The van der Waals surface area contributed by atoms with Crippen LogP contribution in [0, 0.1) is 0 Å². The summed E-state index contributed by atoms with van der Waals surface area (Å²) in [6.45, 7) is 1.55. The van der Waals surface area contributed by atoms with Crippen LogP contribution in [0.15, 0.2) is 95.6 Å². The first-order valence-electron chi connectivity index (χ1n) is 12.0. The van der Waals surface area contributed by atoms with Gasteiger partial charge in [0.2, 0.25) is 5.76 Å². The second-order valence-corrected chi connectivity index (χ2v) is 8.75. The van der Waals surface area contributed by atoms with E-state index in [4.69, 9.17) is 9.26 Å². The number of nitrogens with zero attached hydrogens (tertiary/aromatic N) is 3. The Balaban J connectivity index is 1.11. The van der Waals surface area contributed by atoms with Gasteiger partial charge in [-0.3, -0.25) is 4.79 Å². The molecule has 4 aromatic rings. The topological polar surface area (TPSA) is 99.9 Å². The van der Waals surface area contributed by atoms with Gasteiger partial charge in [0.1, 0.15) is 11.5 Å². The number of benzene rings is 3. The fraction of sp³-hybridized carbons (Fsp3) is 0.179. The molecule has 0 spiro atoms. The predicted molar refractivity (Wildman–Crippen MR) is 141 cm³/mol. The van der Waals surface area contributed by atoms with Gasteiger partial charge in [0.25, 0.3) is 5.91 Å². The summed E-state index contributed by atoms with van der Waals surface area (Å²) < 4.78 is 10.8. The number of ether oxygens (including phenoxy) is 1. The maximum absolute atomic E-state index is 12.5. The van der Waals surface area contributed by atoms with E-state index >= 15 is 0 Å². The van der Waals surface area contributed by atoms with Crippen molar-refractivity contribution in [1.29, 1.82) is 0 Å². The maximum atomic E-state index is 12.5. The Hall–Kier alpha value is -4.79. The highest BCUT2D eigenvalue weighted by atomic mass is 16.5. The molecule has 1 unspecified atom stereocenters. The summed E-state index contributed by atoms with van der Waals surface area (Å²) in [4.78, 5) is 28.9. The van der Waals surface area contributed by atoms with Crippen molar-refractivity contribution in [3.8, 4) is 11.5 Å². The molecule has 2 N–H and O–H groups in total. The van der Waals surface area contributed by atoms with E-state index in [1.807, 2.05) is 54.6 Å². The molecule has 188 valence electrons.